The van der Waals surface area contributed by atoms with Crippen LogP contribution >= 0.6 is 11.3 Å². The Morgan fingerprint density at radius 3 is 2.39 bits per heavy atom. The summed E-state index contributed by atoms with van der Waals surface area (Å²) in [7, 11) is 3.11. The molecule has 230 valence electrons. The largest absolute Gasteiger partial charge is 0.507 e. The number of benzene rings is 3. The van der Waals surface area contributed by atoms with E-state index >= 15 is 0 Å². The topological polar surface area (TPSA) is 107 Å². The van der Waals surface area contributed by atoms with E-state index in [1.54, 1.807) is 61.7 Å². The second kappa shape index (κ2) is 13.8. The number of ketones is 1. The molecular formula is C34H36N2O7S. The van der Waals surface area contributed by atoms with Crippen LogP contribution in [-0.4, -0.2) is 49.2 Å². The number of nitrogens with zero attached hydrogens (tertiary/aromatic N) is 2. The van der Waals surface area contributed by atoms with Crippen LogP contribution in [0.5, 0.6) is 23.0 Å². The number of aromatic nitrogens is 1. The molecular weight excluding hydrogens is 580 g/mol. The molecule has 5 rings (SSSR count). The summed E-state index contributed by atoms with van der Waals surface area (Å²) in [5.41, 5.74) is 1.51. The smallest absolute Gasteiger partial charge is 0.301 e. The number of aliphatic hydroxyl groups is 1. The zero-order valence-corrected chi connectivity index (χ0v) is 26.1. The molecule has 0 bridgehead atoms. The molecule has 0 radical (unpaired) electrons. The molecule has 10 heteroatoms. The number of thiazole rings is 1. The van der Waals surface area contributed by atoms with Gasteiger partial charge < -0.3 is 24.1 Å². The Balaban J connectivity index is 1.65. The molecule has 1 fully saturated rings. The number of hydrogen-bond donors (Lipinski definition) is 1. The molecule has 2 heterocycles. The molecule has 1 N–H and O–H groups in total. The highest BCUT2D eigenvalue weighted by Gasteiger charge is 2.48. The van der Waals surface area contributed by atoms with Crippen LogP contribution < -0.4 is 23.8 Å². The molecule has 44 heavy (non-hydrogen) atoms. The van der Waals surface area contributed by atoms with E-state index in [9.17, 15) is 14.7 Å². The van der Waals surface area contributed by atoms with Crippen molar-refractivity contribution >= 4 is 44.1 Å². The molecule has 0 saturated carbocycles. The van der Waals surface area contributed by atoms with Crippen molar-refractivity contribution in [3.8, 4) is 23.0 Å². The van der Waals surface area contributed by atoms with E-state index in [0.717, 1.165) is 30.4 Å². The third kappa shape index (κ3) is 6.21. The Morgan fingerprint density at radius 1 is 0.886 bits per heavy atom. The number of anilines is 1. The van der Waals surface area contributed by atoms with Crippen LogP contribution in [0.4, 0.5) is 5.13 Å². The summed E-state index contributed by atoms with van der Waals surface area (Å²) < 4.78 is 23.6. The van der Waals surface area contributed by atoms with E-state index in [1.807, 2.05) is 6.07 Å². The van der Waals surface area contributed by atoms with Crippen molar-refractivity contribution in [2.24, 2.45) is 0 Å². The number of ether oxygens (including phenoxy) is 4. The molecule has 1 unspecified atom stereocenters. The van der Waals surface area contributed by atoms with E-state index < -0.39 is 17.7 Å². The molecule has 3 aromatic carbocycles. The highest BCUT2D eigenvalue weighted by atomic mass is 32.1. The van der Waals surface area contributed by atoms with Crippen LogP contribution in [0.25, 0.3) is 16.0 Å². The Kier molecular flexibility index (Phi) is 9.69. The number of Topliss-reactive ketones (excluding diaryl/α,β-unsaturated/α-hetero) is 1. The number of methoxy groups -OCH3 is 2. The van der Waals surface area contributed by atoms with Crippen LogP contribution in [0.2, 0.25) is 0 Å². The molecule has 1 aromatic heterocycles. The summed E-state index contributed by atoms with van der Waals surface area (Å²) in [6, 6.07) is 16.6. The van der Waals surface area contributed by atoms with Crippen LogP contribution in [0, 0.1) is 0 Å². The lowest BCUT2D eigenvalue weighted by molar-refractivity contribution is -0.132. The number of carbonyl (C=O) groups excluding carboxylic acids is 2. The maximum atomic E-state index is 13.8. The minimum atomic E-state index is -0.985. The van der Waals surface area contributed by atoms with Gasteiger partial charge in [0, 0.05) is 5.56 Å². The van der Waals surface area contributed by atoms with Crippen molar-refractivity contribution in [3.63, 3.8) is 0 Å². The van der Waals surface area contributed by atoms with Gasteiger partial charge in [0.2, 0.25) is 0 Å². The van der Waals surface area contributed by atoms with Crippen LogP contribution in [0.1, 0.15) is 56.7 Å². The standard InChI is InChI=1S/C34H36N2O7S/c1-5-7-16-42-24-11-9-10-22(18-24)31(37)29-30(21-12-15-26(27(19-21)41-4)43-17-8-6-2)36(33(39)32(29)38)34-35-25-14-13-23(40-3)20-28(25)44-34/h9-15,18-20,30,37H,5-8,16-17H2,1-4H3/b31-29+. The molecule has 4 aromatic rings. The highest BCUT2D eigenvalue weighted by molar-refractivity contribution is 7.22. The normalized spacial score (nSPS) is 16.0. The molecule has 1 saturated heterocycles. The number of rotatable bonds is 13. The van der Waals surface area contributed by atoms with Crippen LogP contribution in [0.3, 0.4) is 0 Å². The molecule has 9 nitrogen and oxygen atoms in total. The van der Waals surface area contributed by atoms with Gasteiger partial charge in [0.05, 0.1) is 49.3 Å². The number of hydrogen-bond acceptors (Lipinski definition) is 9. The van der Waals surface area contributed by atoms with E-state index in [-0.39, 0.29) is 11.3 Å². The minimum Gasteiger partial charge on any atom is -0.507 e. The summed E-state index contributed by atoms with van der Waals surface area (Å²) in [6.45, 7) is 5.21. The number of aliphatic hydroxyl groups excluding tert-OH is 1. The third-order valence-electron chi connectivity index (χ3n) is 7.37. The maximum Gasteiger partial charge on any atom is 0.301 e. The average Bonchev–Trinajstić information content (AvgIpc) is 3.58. The minimum absolute atomic E-state index is 0.0563. The summed E-state index contributed by atoms with van der Waals surface area (Å²) >= 11 is 1.26. The van der Waals surface area contributed by atoms with E-state index in [4.69, 9.17) is 23.9 Å². The average molecular weight is 617 g/mol. The molecule has 0 spiro atoms. The van der Waals surface area contributed by atoms with Gasteiger partial charge in [-0.3, -0.25) is 14.5 Å². The number of unbranched alkanes of at least 4 members (excludes halogenated alkanes) is 2. The lowest BCUT2D eigenvalue weighted by Gasteiger charge is -2.24. The van der Waals surface area contributed by atoms with Crippen molar-refractivity contribution in [2.75, 3.05) is 32.3 Å². The van der Waals surface area contributed by atoms with Gasteiger partial charge in [0.1, 0.15) is 17.3 Å². The van der Waals surface area contributed by atoms with Crippen molar-refractivity contribution < 1.29 is 33.6 Å². The van der Waals surface area contributed by atoms with Crippen molar-refractivity contribution in [1.82, 2.24) is 4.98 Å². The second-order valence-corrected chi connectivity index (χ2v) is 11.4. The lowest BCUT2D eigenvalue weighted by atomic mass is 9.95. The van der Waals surface area contributed by atoms with E-state index in [2.05, 4.69) is 13.8 Å². The molecule has 1 atom stereocenters. The monoisotopic (exact) mass is 616 g/mol. The van der Waals surface area contributed by atoms with Gasteiger partial charge in [-0.2, -0.15) is 0 Å². The third-order valence-corrected chi connectivity index (χ3v) is 8.39. The fourth-order valence-electron chi connectivity index (χ4n) is 4.99. The fourth-order valence-corrected chi connectivity index (χ4v) is 6.01. The Morgan fingerprint density at radius 2 is 1.66 bits per heavy atom. The first-order chi connectivity index (χ1) is 21.4. The Hall–Kier alpha value is -4.57. The fraction of sp³-hybridized carbons (Fsp3) is 0.324. The zero-order chi connectivity index (χ0) is 31.2. The van der Waals surface area contributed by atoms with Crippen LogP contribution in [-0.2, 0) is 9.59 Å². The van der Waals surface area contributed by atoms with Crippen molar-refractivity contribution in [2.45, 2.75) is 45.6 Å². The van der Waals surface area contributed by atoms with Gasteiger partial charge >= 0.3 is 5.91 Å². The van der Waals surface area contributed by atoms with E-state index in [1.165, 1.54) is 23.3 Å². The SMILES string of the molecule is CCCCOc1cccc(/C(O)=C2\C(=O)C(=O)N(c3nc4ccc(OC)cc4s3)C2c2ccc(OCCCC)c(OC)c2)c1. The van der Waals surface area contributed by atoms with Crippen LogP contribution in [0.15, 0.2) is 66.2 Å². The Bertz CT molecular complexity index is 1700. The van der Waals surface area contributed by atoms with Gasteiger partial charge in [-0.05, 0) is 60.9 Å². The molecule has 1 aliphatic heterocycles. The zero-order valence-electron chi connectivity index (χ0n) is 25.3. The van der Waals surface area contributed by atoms with Gasteiger partial charge in [0.25, 0.3) is 5.78 Å². The van der Waals surface area contributed by atoms with Gasteiger partial charge in [-0.25, -0.2) is 4.98 Å². The van der Waals surface area contributed by atoms with Crippen molar-refractivity contribution in [3.05, 3.63) is 77.4 Å². The molecule has 1 amide bonds. The first-order valence-electron chi connectivity index (χ1n) is 14.7. The summed E-state index contributed by atoms with van der Waals surface area (Å²) in [5.74, 6) is 0.292. The lowest BCUT2D eigenvalue weighted by Crippen LogP contribution is -2.29. The first kappa shape index (κ1) is 30.9. The van der Waals surface area contributed by atoms with Crippen molar-refractivity contribution in [1.29, 1.82) is 0 Å². The second-order valence-electron chi connectivity index (χ2n) is 10.3. The molecule has 1 aliphatic rings. The number of fused-ring (bicyclic) bond motifs is 1. The van der Waals surface area contributed by atoms with Gasteiger partial charge in [0.15, 0.2) is 16.6 Å². The van der Waals surface area contributed by atoms with E-state index in [0.29, 0.717) is 58.0 Å². The highest BCUT2D eigenvalue weighted by Crippen LogP contribution is 2.46. The predicted molar refractivity (Wildman–Crippen MR) is 171 cm³/mol. The predicted octanol–water partition coefficient (Wildman–Crippen LogP) is 7.30. The first-order valence-corrected chi connectivity index (χ1v) is 15.5. The number of amides is 1. The quantitative estimate of drug-likeness (QED) is 0.0722. The Labute approximate surface area is 260 Å². The summed E-state index contributed by atoms with van der Waals surface area (Å²) in [6.07, 6.45) is 3.73. The summed E-state index contributed by atoms with van der Waals surface area (Å²) in [5, 5.41) is 12.0. The molecule has 0 aliphatic carbocycles. The maximum absolute atomic E-state index is 13.8. The van der Waals surface area contributed by atoms with Gasteiger partial charge in [-0.15, -0.1) is 0 Å². The number of carbonyl (C=O) groups is 2. The van der Waals surface area contributed by atoms with Gasteiger partial charge in [-0.1, -0.05) is 56.2 Å². The summed E-state index contributed by atoms with van der Waals surface area (Å²) in [4.78, 5) is 33.6.